The summed E-state index contributed by atoms with van der Waals surface area (Å²) in [4.78, 5) is 0. The first-order valence-corrected chi connectivity index (χ1v) is 0. The second-order valence-corrected chi connectivity index (χ2v) is 0. The van der Waals surface area contributed by atoms with Crippen molar-refractivity contribution in [3.05, 3.63) is 0 Å². The van der Waals surface area contributed by atoms with Gasteiger partial charge in [-0.05, 0) is 0 Å². The number of hydrogen-bond donors (Lipinski definition) is 0. The molecule has 0 unspecified atom stereocenters. The van der Waals surface area contributed by atoms with Gasteiger partial charge in [-0.25, -0.2) is 0 Å². The van der Waals surface area contributed by atoms with Crippen LogP contribution in [0.2, 0.25) is 0 Å². The molecule has 0 aliphatic heterocycles. The van der Waals surface area contributed by atoms with E-state index in [4.69, 9.17) is 0 Å². The Bertz CT molecular complexity index is 76.4. The fourth-order valence-electron chi connectivity index (χ4n) is 0. The Morgan fingerprint density at radius 2 is 0.0250 bits per heavy atom. The van der Waals surface area contributed by atoms with Crippen LogP contribution in [0.5, 0.6) is 0 Å². The predicted molar refractivity (Wildman–Crippen MR) is 34.3 cm³/mol. The predicted octanol–water partition coefficient (Wildman–Crippen LogP) is -6.02. The number of rotatable bonds is 0. The maximum absolute atomic E-state index is 0. The zero-order valence-electron chi connectivity index (χ0n) is 33.8. The van der Waals surface area contributed by atoms with Gasteiger partial charge in [0, 0.05) is 0 Å². The minimum absolute atomic E-state index is 0. The van der Waals surface area contributed by atoms with Gasteiger partial charge in [0.2, 0.25) is 0 Å². The van der Waals surface area contributed by atoms with E-state index in [1.807, 2.05) is 0 Å². The van der Waals surface area contributed by atoms with Crippen LogP contribution in [0.15, 0.2) is 0 Å². The molecule has 0 rings (SSSR count). The standard InChI is InChI=1S/30Nb.50O/q30*+5;50*-2. The summed E-state index contributed by atoms with van der Waals surface area (Å²) in [7, 11) is 0. The summed E-state index contributed by atoms with van der Waals surface area (Å²) in [6, 6.07) is 0. The van der Waals surface area contributed by atoms with Crippen molar-refractivity contribution in [2.75, 3.05) is 0 Å². The van der Waals surface area contributed by atoms with E-state index in [0.717, 1.165) is 0 Å². The van der Waals surface area contributed by atoms with Gasteiger partial charge in [0.05, 0.1) is 0 Å². The van der Waals surface area contributed by atoms with Crippen molar-refractivity contribution in [3.8, 4) is 0 Å². The normalized spacial score (nSPS) is 0. The Balaban J connectivity index is 0. The third-order valence-corrected chi connectivity index (χ3v) is 0. The Labute approximate surface area is 924 Å². The molecule has 80 heteroatoms. The third-order valence-electron chi connectivity index (χ3n) is 0. The first-order chi connectivity index (χ1) is 0. The van der Waals surface area contributed by atoms with Crippen LogP contribution < -0.4 is 0 Å². The van der Waals surface area contributed by atoms with Gasteiger partial charge in [-0.15, -0.1) is 0 Å². The van der Waals surface area contributed by atoms with Crippen molar-refractivity contribution >= 4 is 0 Å². The van der Waals surface area contributed by atoms with Crippen molar-refractivity contribution in [1.29, 1.82) is 0 Å². The molecular weight excluding hydrogens is 3590 g/mol. The van der Waals surface area contributed by atoms with Gasteiger partial charge >= 0.3 is 671 Å². The van der Waals surface area contributed by atoms with Gasteiger partial charge in [-0.2, -0.15) is 0 Å². The van der Waals surface area contributed by atoms with Crippen LogP contribution in [0.4, 0.5) is 0 Å². The maximum atomic E-state index is 0. The monoisotopic (exact) mass is 3590 g/mol. The maximum Gasteiger partial charge on any atom is 5.00 e. The molecule has 0 aliphatic carbocycles. The molecular formula is Nb30O50+50. The van der Waals surface area contributed by atoms with E-state index in [0.29, 0.717) is 0 Å². The summed E-state index contributed by atoms with van der Waals surface area (Å²) < 4.78 is 0. The summed E-state index contributed by atoms with van der Waals surface area (Å²) in [5.41, 5.74) is 0. The van der Waals surface area contributed by atoms with Gasteiger partial charge < -0.3 is 274 Å². The van der Waals surface area contributed by atoms with Gasteiger partial charge in [0.1, 0.15) is 0 Å². The molecule has 50 nitrogen and oxygen atoms in total. The molecule has 0 fully saturated rings. The molecule has 0 spiro atoms. The Kier molecular flexibility index (Phi) is 70700. The molecule has 0 amide bonds. The van der Waals surface area contributed by atoms with E-state index in [2.05, 4.69) is 0 Å². The van der Waals surface area contributed by atoms with Crippen molar-refractivity contribution in [2.24, 2.45) is 0 Å². The van der Waals surface area contributed by atoms with Gasteiger partial charge in [-0.3, -0.25) is 0 Å². The molecule has 80 heavy (non-hydrogen) atoms. The number of hydrogen-bond acceptors (Lipinski definition) is 0. The topological polar surface area (TPSA) is 1420 Å². The molecule has 0 bridgehead atoms. The first-order valence-electron chi connectivity index (χ1n) is 0. The van der Waals surface area contributed by atoms with E-state index in [-0.39, 0.29) is 945 Å². The van der Waals surface area contributed by atoms with Crippen LogP contribution >= 0.6 is 0 Å². The molecule has 0 saturated carbocycles. The van der Waals surface area contributed by atoms with Gasteiger partial charge in [0.15, 0.2) is 0 Å². The Morgan fingerprint density at radius 1 is 0.0250 bits per heavy atom. The summed E-state index contributed by atoms with van der Waals surface area (Å²) in [6.45, 7) is 0. The van der Waals surface area contributed by atoms with Crippen LogP contribution in [0.1, 0.15) is 0 Å². The summed E-state index contributed by atoms with van der Waals surface area (Å²) >= 11 is 0. The molecule has 0 atom stereocenters. The average Bonchev–Trinajstić information content (AvgIpc) is 0. The third kappa shape index (κ3) is 2270. The van der Waals surface area contributed by atoms with E-state index >= 15 is 0 Å². The van der Waals surface area contributed by atoms with Crippen LogP contribution in [-0.2, 0) is 945 Å². The van der Waals surface area contributed by atoms with Crippen molar-refractivity contribution in [1.82, 2.24) is 0 Å². The quantitative estimate of drug-likeness (QED) is 0.205. The second-order valence-electron chi connectivity index (χ2n) is 0. The van der Waals surface area contributed by atoms with Crippen LogP contribution in [-0.4, -0.2) is 0 Å². The molecule has 0 saturated heterocycles. The molecule has 0 aromatic heterocycles. The molecule has 400 valence electrons. The van der Waals surface area contributed by atoms with Crippen LogP contribution in [0.25, 0.3) is 0 Å². The van der Waals surface area contributed by atoms with E-state index in [9.17, 15) is 0 Å². The van der Waals surface area contributed by atoms with E-state index < -0.39 is 0 Å². The van der Waals surface area contributed by atoms with Gasteiger partial charge in [-0.1, -0.05) is 0 Å². The average molecular weight is 3590 g/mol. The Morgan fingerprint density at radius 3 is 0.0250 bits per heavy atom. The Hall–Kier alpha value is 20.2. The molecule has 0 aliphatic rings. The minimum Gasteiger partial charge on any atom is -2.00 e. The summed E-state index contributed by atoms with van der Waals surface area (Å²) in [5.74, 6) is 0. The van der Waals surface area contributed by atoms with Crippen molar-refractivity contribution in [2.45, 2.75) is 0 Å². The van der Waals surface area contributed by atoms with Crippen LogP contribution in [0, 0.1) is 0 Å². The molecule has 0 N–H and O–H groups in total. The molecule has 0 heterocycles. The SMILES string of the molecule is [Nb+5].[Nb+5].[Nb+5].[Nb+5].[Nb+5].[Nb+5].[Nb+5].[Nb+5].[Nb+5].[Nb+5].[Nb+5].[Nb+5].[Nb+5].[Nb+5].[Nb+5].[Nb+5].[Nb+5].[Nb+5].[Nb+5].[Nb+5].[Nb+5].[Nb+5].[Nb+5].[Nb+5].[Nb+5].[Nb+5].[Nb+5].[Nb+5].[Nb+5].[Nb+5].[O-2].[O-2].[O-2].[O-2].[O-2].[O-2].[O-2].[O-2].[O-2].[O-2].[O-2].[O-2].[O-2].[O-2].[O-2].[O-2].[O-2].[O-2].[O-2].[O-2].[O-2].[O-2].[O-2].[O-2].[O-2].[O-2].[O-2].[O-2].[O-2].[O-2].[O-2].[O-2].[O-2].[O-2].[O-2].[O-2].[O-2].[O-2].[O-2].[O-2].[O-2].[O-2].[O-2].[O-2].[O-2].[O-2].[O-2].[O-2].[O-2].[O-2]. The summed E-state index contributed by atoms with van der Waals surface area (Å²) in [6.07, 6.45) is 0. The van der Waals surface area contributed by atoms with Gasteiger partial charge in [0.25, 0.3) is 0 Å². The molecule has 0 radical (unpaired) electrons. The van der Waals surface area contributed by atoms with E-state index in [1.54, 1.807) is 0 Å². The first kappa shape index (κ1) is 2420. The van der Waals surface area contributed by atoms with E-state index in [1.165, 1.54) is 0 Å². The molecule has 0 aromatic carbocycles. The largest absolute Gasteiger partial charge is 5.00 e. The zero-order chi connectivity index (χ0) is 0. The smallest absolute Gasteiger partial charge is 2.00 e. The minimum atomic E-state index is 0. The second kappa shape index (κ2) is 2340. The fraction of sp³-hybridized carbons (Fsp3) is 0. The molecule has 0 aromatic rings. The fourth-order valence-corrected chi connectivity index (χ4v) is 0. The van der Waals surface area contributed by atoms with Crippen molar-refractivity contribution < 1.29 is 945 Å². The van der Waals surface area contributed by atoms with Crippen LogP contribution in [0.3, 0.4) is 0 Å². The zero-order valence-corrected chi connectivity index (χ0v) is 99.8. The van der Waals surface area contributed by atoms with Crippen molar-refractivity contribution in [3.63, 3.8) is 0 Å². The summed E-state index contributed by atoms with van der Waals surface area (Å²) in [5, 5.41) is 0.